The molecule has 0 amide bonds. The Bertz CT molecular complexity index is 876. The van der Waals surface area contributed by atoms with E-state index in [1.165, 1.54) is 28.5 Å². The van der Waals surface area contributed by atoms with Crippen molar-refractivity contribution in [1.29, 1.82) is 5.41 Å². The smallest absolute Gasteiger partial charge is 0.320 e. The van der Waals surface area contributed by atoms with Gasteiger partial charge in [0.05, 0.1) is 9.82 Å². The Morgan fingerprint density at radius 1 is 1.29 bits per heavy atom. The van der Waals surface area contributed by atoms with Gasteiger partial charge in [0.15, 0.2) is 4.34 Å². The molecule has 0 unspecified atom stereocenters. The number of hydrogen-bond donors (Lipinski definition) is 1. The van der Waals surface area contributed by atoms with Crippen LogP contribution in [0.4, 0.5) is 5.69 Å². The first-order valence-corrected chi connectivity index (χ1v) is 9.26. The van der Waals surface area contributed by atoms with Crippen LogP contribution in [0.3, 0.4) is 0 Å². The molecule has 0 saturated carbocycles. The number of cyclic esters (lactones) is 2. The van der Waals surface area contributed by atoms with Gasteiger partial charge in [-0.25, -0.2) is 4.98 Å². The van der Waals surface area contributed by atoms with Gasteiger partial charge in [0, 0.05) is 11.6 Å². The Morgan fingerprint density at radius 2 is 2.00 bits per heavy atom. The third kappa shape index (κ3) is 3.60. The van der Waals surface area contributed by atoms with Crippen molar-refractivity contribution in [3.8, 4) is 0 Å². The number of nitro groups is 1. The zero-order chi connectivity index (χ0) is 17.3. The minimum Gasteiger partial charge on any atom is -0.420 e. The Hall–Kier alpha value is -2.31. The van der Waals surface area contributed by atoms with Crippen LogP contribution in [0.1, 0.15) is 18.3 Å². The number of aromatic nitrogens is 1. The zero-order valence-electron chi connectivity index (χ0n) is 11.6. The molecule has 1 aromatic heterocycles. The maximum atomic E-state index is 11.3. The van der Waals surface area contributed by atoms with E-state index in [0.29, 0.717) is 9.24 Å². The summed E-state index contributed by atoms with van der Waals surface area (Å²) in [5.74, 6) is -1.49. The molecule has 1 N–H and O–H groups in total. The monoisotopic (exact) mass is 385 g/mol. The molecule has 0 aliphatic carbocycles. The molecule has 1 aliphatic heterocycles. The van der Waals surface area contributed by atoms with E-state index in [9.17, 15) is 19.7 Å². The van der Waals surface area contributed by atoms with Crippen LogP contribution in [0.2, 0.25) is 0 Å². The molecule has 1 aromatic carbocycles. The van der Waals surface area contributed by atoms with E-state index in [4.69, 9.17) is 14.9 Å². The fourth-order valence-corrected chi connectivity index (χ4v) is 4.75. The van der Waals surface area contributed by atoms with Gasteiger partial charge in [-0.1, -0.05) is 11.8 Å². The van der Waals surface area contributed by atoms with Gasteiger partial charge in [0.1, 0.15) is 6.42 Å². The number of nitrogens with zero attached hydrogens (tertiary/aromatic N) is 2. The van der Waals surface area contributed by atoms with Crippen molar-refractivity contribution in [1.82, 2.24) is 4.98 Å². The third-order valence-corrected chi connectivity index (χ3v) is 6.21. The largest absolute Gasteiger partial charge is 0.420 e. The summed E-state index contributed by atoms with van der Waals surface area (Å²) in [5.41, 5.74) is -0.0440. The molecule has 24 heavy (non-hydrogen) atoms. The minimum absolute atomic E-state index is 0.128. The molecule has 1 aliphatic rings. The van der Waals surface area contributed by atoms with Crippen LogP contribution in [-0.4, -0.2) is 21.8 Å². The highest BCUT2D eigenvalue weighted by Gasteiger charge is 2.31. The molecule has 2 aromatic rings. The highest BCUT2D eigenvalue weighted by Crippen LogP contribution is 2.38. The summed E-state index contributed by atoms with van der Waals surface area (Å²) in [6, 6.07) is 4.13. The molecular formula is C12H7N3O6S3. The first-order chi connectivity index (χ1) is 11.4. The third-order valence-electron chi connectivity index (χ3n) is 2.80. The van der Waals surface area contributed by atoms with Gasteiger partial charge in [0.25, 0.3) is 12.0 Å². The number of rotatable bonds is 4. The first-order valence-electron chi connectivity index (χ1n) is 6.29. The fraction of sp³-hybridized carbons (Fsp3) is 0.167. The lowest BCUT2D eigenvalue weighted by atomic mass is 10.2. The summed E-state index contributed by atoms with van der Waals surface area (Å²) in [6.45, 7) is 0. The number of ether oxygens (including phenoxy) is 2. The quantitative estimate of drug-likeness (QED) is 0.278. The van der Waals surface area contributed by atoms with Crippen molar-refractivity contribution in [2.24, 2.45) is 0 Å². The first kappa shape index (κ1) is 16.5. The molecule has 0 spiro atoms. The number of hydrogen-bond acceptors (Lipinski definition) is 11. The SMILES string of the molecule is N=c1nc(Sc2ccc(C3OC(=O)CC(=O)O3)cc2[N+](=O)[O-])ss1. The molecule has 0 radical (unpaired) electrons. The topological polar surface area (TPSA) is 132 Å². The number of nitro benzene ring substituents is 1. The number of esters is 2. The number of carbonyl (C=O) groups is 2. The van der Waals surface area contributed by atoms with Crippen molar-refractivity contribution in [2.45, 2.75) is 21.9 Å². The predicted octanol–water partition coefficient (Wildman–Crippen LogP) is 2.23. The summed E-state index contributed by atoms with van der Waals surface area (Å²) >= 11 is 1.06. The molecule has 1 saturated heterocycles. The Balaban J connectivity index is 1.92. The van der Waals surface area contributed by atoms with Gasteiger partial charge >= 0.3 is 11.9 Å². The molecule has 12 heteroatoms. The van der Waals surface area contributed by atoms with E-state index < -0.39 is 29.6 Å². The van der Waals surface area contributed by atoms with Gasteiger partial charge in [-0.15, -0.1) is 0 Å². The number of nitrogens with one attached hydrogen (secondary N) is 1. The second-order valence-corrected chi connectivity index (χ2v) is 7.82. The summed E-state index contributed by atoms with van der Waals surface area (Å²) in [6.07, 6.45) is -1.77. The summed E-state index contributed by atoms with van der Waals surface area (Å²) in [7, 11) is 2.40. The Kier molecular flexibility index (Phi) is 4.59. The van der Waals surface area contributed by atoms with E-state index in [0.717, 1.165) is 22.1 Å². The number of carbonyl (C=O) groups excluding carboxylic acids is 2. The normalized spacial score (nSPS) is 15.0. The summed E-state index contributed by atoms with van der Waals surface area (Å²) < 4.78 is 10.3. The predicted molar refractivity (Wildman–Crippen MR) is 82.6 cm³/mol. The molecular weight excluding hydrogens is 378 g/mol. The van der Waals surface area contributed by atoms with Crippen LogP contribution < -0.4 is 4.80 Å². The van der Waals surface area contributed by atoms with Crippen molar-refractivity contribution in [2.75, 3.05) is 0 Å². The average Bonchev–Trinajstić information content (AvgIpc) is 2.91. The lowest BCUT2D eigenvalue weighted by Gasteiger charge is -2.22. The minimum atomic E-state index is -1.29. The Labute approximate surface area is 145 Å². The van der Waals surface area contributed by atoms with Crippen molar-refractivity contribution in [3.63, 3.8) is 0 Å². The van der Waals surface area contributed by atoms with Crippen molar-refractivity contribution >= 4 is 50.1 Å². The standard InChI is InChI=1S/C12H7N3O6S3/c13-11-14-12(24-23-11)22-7-2-1-5(3-6(7)15(18)19)10-20-8(16)4-9(17)21-10/h1-3,10,13H,4H2. The van der Waals surface area contributed by atoms with Crippen LogP contribution in [0.15, 0.2) is 27.4 Å². The van der Waals surface area contributed by atoms with E-state index in [1.807, 2.05) is 0 Å². The maximum absolute atomic E-state index is 11.3. The fourth-order valence-electron chi connectivity index (χ4n) is 1.84. The van der Waals surface area contributed by atoms with Crippen molar-refractivity contribution in [3.05, 3.63) is 38.7 Å². The van der Waals surface area contributed by atoms with Crippen LogP contribution in [0.25, 0.3) is 0 Å². The average molecular weight is 385 g/mol. The van der Waals surface area contributed by atoms with Gasteiger partial charge < -0.3 is 9.47 Å². The molecule has 0 bridgehead atoms. The number of benzene rings is 1. The van der Waals surface area contributed by atoms with Gasteiger partial charge in [-0.2, -0.15) is 0 Å². The van der Waals surface area contributed by atoms with E-state index in [-0.39, 0.29) is 16.1 Å². The molecule has 124 valence electrons. The lowest BCUT2D eigenvalue weighted by molar-refractivity contribution is -0.387. The van der Waals surface area contributed by atoms with Crippen LogP contribution >= 0.6 is 32.4 Å². The van der Waals surface area contributed by atoms with Gasteiger partial charge in [-0.3, -0.25) is 25.1 Å². The lowest BCUT2D eigenvalue weighted by Crippen LogP contribution is -2.26. The molecule has 1 fully saturated rings. The maximum Gasteiger partial charge on any atom is 0.320 e. The molecule has 2 heterocycles. The summed E-state index contributed by atoms with van der Waals surface area (Å²) in [5, 5.41) is 18.7. The van der Waals surface area contributed by atoms with Crippen LogP contribution in [0, 0.1) is 15.5 Å². The second-order valence-electron chi connectivity index (χ2n) is 4.42. The zero-order valence-corrected chi connectivity index (χ0v) is 14.0. The highest BCUT2D eigenvalue weighted by molar-refractivity contribution is 8.02. The van der Waals surface area contributed by atoms with Gasteiger partial charge in [-0.05, 0) is 32.8 Å². The molecule has 0 atom stereocenters. The highest BCUT2D eigenvalue weighted by atomic mass is 32.9. The second kappa shape index (κ2) is 6.67. The molecule has 9 nitrogen and oxygen atoms in total. The van der Waals surface area contributed by atoms with Crippen LogP contribution in [0.5, 0.6) is 0 Å². The van der Waals surface area contributed by atoms with E-state index in [2.05, 4.69) is 4.98 Å². The van der Waals surface area contributed by atoms with E-state index >= 15 is 0 Å². The Morgan fingerprint density at radius 3 is 2.58 bits per heavy atom. The van der Waals surface area contributed by atoms with Crippen LogP contribution in [-0.2, 0) is 19.1 Å². The van der Waals surface area contributed by atoms with E-state index in [1.54, 1.807) is 0 Å². The molecule has 3 rings (SSSR count). The van der Waals surface area contributed by atoms with Gasteiger partial charge in [0.2, 0.25) is 4.80 Å². The summed E-state index contributed by atoms with van der Waals surface area (Å²) in [4.78, 5) is 37.7. The van der Waals surface area contributed by atoms with Crippen molar-refractivity contribution < 1.29 is 24.0 Å².